The van der Waals surface area contributed by atoms with Crippen molar-refractivity contribution >= 4 is 10.9 Å². The third kappa shape index (κ3) is 2.21. The van der Waals surface area contributed by atoms with Crippen LogP contribution in [0.3, 0.4) is 0 Å². The van der Waals surface area contributed by atoms with E-state index >= 15 is 0 Å². The molecule has 7 heteroatoms. The molecule has 0 radical (unpaired) electrons. The fourth-order valence-corrected chi connectivity index (χ4v) is 2.64. The number of fused-ring (bicyclic) bond motifs is 1. The summed E-state index contributed by atoms with van der Waals surface area (Å²) in [7, 11) is 1.50. The molecule has 120 valence electrons. The Morgan fingerprint density at radius 2 is 2.12 bits per heavy atom. The maximum atomic E-state index is 14.3. The van der Waals surface area contributed by atoms with E-state index in [1.165, 1.54) is 13.2 Å². The summed E-state index contributed by atoms with van der Waals surface area (Å²) in [4.78, 5) is 4.32. The fraction of sp³-hybridized carbons (Fsp3) is 0.118. The van der Waals surface area contributed by atoms with Gasteiger partial charge in [0.1, 0.15) is 17.3 Å². The summed E-state index contributed by atoms with van der Waals surface area (Å²) in [6, 6.07) is 8.21. The quantitative estimate of drug-likeness (QED) is 0.621. The highest BCUT2D eigenvalue weighted by Crippen LogP contribution is 2.34. The van der Waals surface area contributed by atoms with Crippen molar-refractivity contribution in [2.24, 2.45) is 0 Å². The third-order valence-electron chi connectivity index (χ3n) is 3.76. The number of halogens is 1. The second-order valence-electron chi connectivity index (χ2n) is 5.34. The van der Waals surface area contributed by atoms with Gasteiger partial charge in [-0.25, -0.2) is 4.39 Å². The molecule has 6 nitrogen and oxygen atoms in total. The van der Waals surface area contributed by atoms with Crippen LogP contribution in [0.15, 0.2) is 41.1 Å². The summed E-state index contributed by atoms with van der Waals surface area (Å²) >= 11 is 0. The highest BCUT2D eigenvalue weighted by Gasteiger charge is 2.17. The monoisotopic (exact) mass is 324 g/mol. The van der Waals surface area contributed by atoms with Gasteiger partial charge in [-0.1, -0.05) is 11.2 Å². The first-order chi connectivity index (χ1) is 11.7. The molecule has 4 aromatic rings. The van der Waals surface area contributed by atoms with Gasteiger partial charge in [0.15, 0.2) is 5.76 Å². The van der Waals surface area contributed by atoms with Gasteiger partial charge in [0.05, 0.1) is 35.8 Å². The highest BCUT2D eigenvalue weighted by molar-refractivity contribution is 5.93. The lowest BCUT2D eigenvalue weighted by atomic mass is 10.1. The third-order valence-corrected chi connectivity index (χ3v) is 3.76. The van der Waals surface area contributed by atoms with Gasteiger partial charge in [-0.3, -0.25) is 10.1 Å². The number of methoxy groups -OCH3 is 1. The molecule has 3 aromatic heterocycles. The number of benzene rings is 1. The predicted molar refractivity (Wildman–Crippen MR) is 86.1 cm³/mol. The van der Waals surface area contributed by atoms with E-state index < -0.39 is 5.82 Å². The number of nitrogens with one attached hydrogen (secondary N) is 1. The van der Waals surface area contributed by atoms with E-state index in [9.17, 15) is 4.39 Å². The van der Waals surface area contributed by atoms with Crippen molar-refractivity contribution in [1.29, 1.82) is 0 Å². The second kappa shape index (κ2) is 5.45. The van der Waals surface area contributed by atoms with Crippen LogP contribution in [0.4, 0.5) is 4.39 Å². The molecule has 1 N–H and O–H groups in total. The fourth-order valence-electron chi connectivity index (χ4n) is 2.64. The lowest BCUT2D eigenvalue weighted by molar-refractivity contribution is 0.413. The first-order valence-electron chi connectivity index (χ1n) is 7.28. The molecular formula is C17H13FN4O2. The zero-order valence-electron chi connectivity index (χ0n) is 13.0. The van der Waals surface area contributed by atoms with Crippen molar-refractivity contribution in [2.45, 2.75) is 6.92 Å². The molecule has 0 saturated heterocycles. The largest absolute Gasteiger partial charge is 0.496 e. The number of pyridine rings is 1. The average Bonchev–Trinajstić information content (AvgIpc) is 3.19. The lowest BCUT2D eigenvalue weighted by Gasteiger charge is -2.09. The Morgan fingerprint density at radius 1 is 1.25 bits per heavy atom. The van der Waals surface area contributed by atoms with Crippen molar-refractivity contribution in [3.8, 4) is 28.5 Å². The van der Waals surface area contributed by atoms with Crippen LogP contribution < -0.4 is 4.74 Å². The van der Waals surface area contributed by atoms with Crippen molar-refractivity contribution in [1.82, 2.24) is 20.3 Å². The number of aryl methyl sites for hydroxylation is 1. The number of aromatic amines is 1. The molecule has 0 amide bonds. The summed E-state index contributed by atoms with van der Waals surface area (Å²) < 4.78 is 24.8. The smallest absolute Gasteiger partial charge is 0.187 e. The van der Waals surface area contributed by atoms with Crippen LogP contribution in [0.2, 0.25) is 0 Å². The summed E-state index contributed by atoms with van der Waals surface area (Å²) in [5, 5.41) is 11.8. The topological polar surface area (TPSA) is 76.8 Å². The van der Waals surface area contributed by atoms with Gasteiger partial charge >= 0.3 is 0 Å². The molecule has 0 aliphatic carbocycles. The average molecular weight is 324 g/mol. The molecule has 0 unspecified atom stereocenters. The molecule has 0 spiro atoms. The molecule has 0 fully saturated rings. The van der Waals surface area contributed by atoms with E-state index in [1.54, 1.807) is 30.5 Å². The molecule has 3 heterocycles. The summed E-state index contributed by atoms with van der Waals surface area (Å²) in [5.41, 5.74) is 2.84. The van der Waals surface area contributed by atoms with Crippen LogP contribution in [0.1, 0.15) is 5.69 Å². The van der Waals surface area contributed by atoms with Crippen LogP contribution in [-0.4, -0.2) is 27.4 Å². The van der Waals surface area contributed by atoms with Crippen LogP contribution in [0.5, 0.6) is 5.75 Å². The van der Waals surface area contributed by atoms with Crippen LogP contribution in [0, 0.1) is 12.7 Å². The van der Waals surface area contributed by atoms with Gasteiger partial charge in [0.25, 0.3) is 0 Å². The summed E-state index contributed by atoms with van der Waals surface area (Å²) in [5.74, 6) is 0.556. The zero-order chi connectivity index (χ0) is 16.7. The highest BCUT2D eigenvalue weighted by atomic mass is 19.1. The van der Waals surface area contributed by atoms with Crippen LogP contribution in [0.25, 0.3) is 33.6 Å². The minimum Gasteiger partial charge on any atom is -0.496 e. The molecule has 0 aliphatic rings. The molecular weight excluding hydrogens is 311 g/mol. The number of hydrogen-bond donors (Lipinski definition) is 1. The Kier molecular flexibility index (Phi) is 3.26. The predicted octanol–water partition coefficient (Wildman–Crippen LogP) is 3.74. The molecule has 0 atom stereocenters. The van der Waals surface area contributed by atoms with Gasteiger partial charge in [-0.2, -0.15) is 5.10 Å². The first-order valence-corrected chi connectivity index (χ1v) is 7.28. The van der Waals surface area contributed by atoms with Gasteiger partial charge in [0.2, 0.25) is 0 Å². The van der Waals surface area contributed by atoms with Gasteiger partial charge < -0.3 is 9.26 Å². The van der Waals surface area contributed by atoms with E-state index in [0.29, 0.717) is 28.5 Å². The maximum Gasteiger partial charge on any atom is 0.187 e. The van der Waals surface area contributed by atoms with Gasteiger partial charge in [-0.15, -0.1) is 0 Å². The van der Waals surface area contributed by atoms with Crippen LogP contribution in [-0.2, 0) is 0 Å². The molecule has 0 bridgehead atoms. The molecule has 24 heavy (non-hydrogen) atoms. The Bertz CT molecular complexity index is 1040. The van der Waals surface area contributed by atoms with Crippen molar-refractivity contribution in [3.63, 3.8) is 0 Å². The summed E-state index contributed by atoms with van der Waals surface area (Å²) in [6.07, 6.45) is 1.61. The maximum absolute atomic E-state index is 14.3. The standard InChI is InChI=1S/C17H13FN4O2/c1-9-6-15(24-22-9)17-10-7-12(19-8-13(10)20-21-17)16-11(18)4-3-5-14(16)23-2/h3-8H,1-2H3,(H,20,21). The van der Waals surface area contributed by atoms with Crippen molar-refractivity contribution in [3.05, 3.63) is 48.0 Å². The number of rotatable bonds is 3. The molecule has 0 aliphatic heterocycles. The Morgan fingerprint density at radius 3 is 2.88 bits per heavy atom. The van der Waals surface area contributed by atoms with E-state index in [4.69, 9.17) is 9.26 Å². The number of ether oxygens (including phenoxy) is 1. The van der Waals surface area contributed by atoms with Crippen molar-refractivity contribution in [2.75, 3.05) is 7.11 Å². The lowest BCUT2D eigenvalue weighted by Crippen LogP contribution is -1.93. The number of aromatic nitrogens is 4. The molecule has 4 rings (SSSR count). The summed E-state index contributed by atoms with van der Waals surface area (Å²) in [6.45, 7) is 1.83. The number of nitrogens with zero attached hydrogens (tertiary/aromatic N) is 3. The van der Waals surface area contributed by atoms with E-state index in [2.05, 4.69) is 20.3 Å². The normalized spacial score (nSPS) is 11.1. The zero-order valence-corrected chi connectivity index (χ0v) is 13.0. The molecule has 1 aromatic carbocycles. The van der Waals surface area contributed by atoms with Crippen LogP contribution >= 0.6 is 0 Å². The Labute approximate surface area is 136 Å². The minimum absolute atomic E-state index is 0.308. The van der Waals surface area contributed by atoms with Gasteiger partial charge in [-0.05, 0) is 25.1 Å². The van der Waals surface area contributed by atoms with Gasteiger partial charge in [0, 0.05) is 11.5 Å². The Balaban J connectivity index is 1.93. The number of H-pyrrole nitrogens is 1. The minimum atomic E-state index is -0.401. The second-order valence-corrected chi connectivity index (χ2v) is 5.34. The van der Waals surface area contributed by atoms with Crippen molar-refractivity contribution < 1.29 is 13.7 Å². The first kappa shape index (κ1) is 14.4. The van der Waals surface area contributed by atoms with E-state index in [1.807, 2.05) is 6.92 Å². The Hall–Kier alpha value is -3.22. The van der Waals surface area contributed by atoms with E-state index in [0.717, 1.165) is 16.6 Å². The van der Waals surface area contributed by atoms with E-state index in [-0.39, 0.29) is 0 Å². The molecule has 0 saturated carbocycles. The number of hydrogen-bond acceptors (Lipinski definition) is 5. The SMILES string of the molecule is COc1cccc(F)c1-c1cc2c(-c3cc(C)no3)n[nH]c2cn1.